The molecule has 0 aliphatic heterocycles. The summed E-state index contributed by atoms with van der Waals surface area (Å²) >= 11 is 0. The first-order valence-corrected chi connectivity index (χ1v) is 9.55. The van der Waals surface area contributed by atoms with E-state index < -0.39 is 0 Å². The van der Waals surface area contributed by atoms with Crippen LogP contribution in [-0.4, -0.2) is 4.40 Å². The zero-order chi connectivity index (χ0) is 18.2. The second-order valence-electron chi connectivity index (χ2n) is 7.42. The number of furan rings is 1. The summed E-state index contributed by atoms with van der Waals surface area (Å²) < 4.78 is 8.73. The summed E-state index contributed by atoms with van der Waals surface area (Å²) in [4.78, 5) is 0. The number of fused-ring (bicyclic) bond motifs is 12. The van der Waals surface area contributed by atoms with E-state index in [4.69, 9.17) is 4.42 Å². The molecule has 0 aliphatic rings. The molecule has 2 heteroatoms. The first kappa shape index (κ1) is 14.3. The summed E-state index contributed by atoms with van der Waals surface area (Å²) in [5.74, 6) is 0. The van der Waals surface area contributed by atoms with Crippen LogP contribution in [-0.2, 0) is 0 Å². The van der Waals surface area contributed by atoms with Crippen molar-refractivity contribution in [2.45, 2.75) is 0 Å². The van der Waals surface area contributed by atoms with Gasteiger partial charge in [0.1, 0.15) is 11.2 Å². The maximum Gasteiger partial charge on any atom is 0.143 e. The Kier molecular flexibility index (Phi) is 2.52. The lowest BCUT2D eigenvalue weighted by Gasteiger charge is -2.10. The van der Waals surface area contributed by atoms with Gasteiger partial charge >= 0.3 is 0 Å². The monoisotopic (exact) mass is 357 g/mol. The standard InChI is InChI=1S/C26H15NO/c1-2-8-17-16(7-1)15-27-22-11-5-3-10-20(22)24-21(25(17)27)14-13-19-18-9-4-6-12-23(18)28-26(19)24/h1-15H. The molecule has 7 aromatic rings. The number of para-hydroxylation sites is 2. The lowest BCUT2D eigenvalue weighted by atomic mass is 10.0. The number of hydrogen-bond acceptors (Lipinski definition) is 1. The third kappa shape index (κ3) is 1.64. The molecule has 0 saturated carbocycles. The third-order valence-corrected chi connectivity index (χ3v) is 5.96. The van der Waals surface area contributed by atoms with Gasteiger partial charge < -0.3 is 8.82 Å². The molecule has 28 heavy (non-hydrogen) atoms. The van der Waals surface area contributed by atoms with Crippen LogP contribution in [0.1, 0.15) is 0 Å². The van der Waals surface area contributed by atoms with E-state index in [9.17, 15) is 0 Å². The number of benzene rings is 4. The number of hydrogen-bond donors (Lipinski definition) is 0. The van der Waals surface area contributed by atoms with E-state index in [1.54, 1.807) is 0 Å². The summed E-state index contributed by atoms with van der Waals surface area (Å²) in [5.41, 5.74) is 4.36. The Hall–Kier alpha value is -3.78. The third-order valence-electron chi connectivity index (χ3n) is 5.96. The second kappa shape index (κ2) is 4.93. The lowest BCUT2D eigenvalue weighted by Crippen LogP contribution is -1.89. The molecule has 3 aromatic heterocycles. The van der Waals surface area contributed by atoms with E-state index in [0.29, 0.717) is 0 Å². The Morgan fingerprint density at radius 1 is 0.571 bits per heavy atom. The van der Waals surface area contributed by atoms with Gasteiger partial charge in [-0.05, 0) is 18.2 Å². The molecule has 4 aromatic carbocycles. The molecular weight excluding hydrogens is 342 g/mol. The Bertz CT molecular complexity index is 1720. The molecule has 0 fully saturated rings. The highest BCUT2D eigenvalue weighted by molar-refractivity contribution is 6.28. The second-order valence-corrected chi connectivity index (χ2v) is 7.42. The largest absolute Gasteiger partial charge is 0.455 e. The summed E-state index contributed by atoms with van der Waals surface area (Å²) in [6, 6.07) is 30.0. The maximum absolute atomic E-state index is 6.40. The molecule has 0 radical (unpaired) electrons. The molecule has 0 bridgehead atoms. The van der Waals surface area contributed by atoms with Crippen LogP contribution in [0.3, 0.4) is 0 Å². The zero-order valence-electron chi connectivity index (χ0n) is 15.0. The minimum atomic E-state index is 0.939. The van der Waals surface area contributed by atoms with Crippen molar-refractivity contribution in [2.75, 3.05) is 0 Å². The predicted molar refractivity (Wildman–Crippen MR) is 117 cm³/mol. The van der Waals surface area contributed by atoms with Crippen LogP contribution in [0.15, 0.2) is 95.5 Å². The van der Waals surface area contributed by atoms with Gasteiger partial charge in [0.25, 0.3) is 0 Å². The molecule has 0 amide bonds. The van der Waals surface area contributed by atoms with E-state index in [1.165, 1.54) is 48.7 Å². The molecule has 2 nitrogen and oxygen atoms in total. The van der Waals surface area contributed by atoms with Crippen molar-refractivity contribution in [1.29, 1.82) is 0 Å². The fourth-order valence-electron chi connectivity index (χ4n) is 4.77. The first-order valence-electron chi connectivity index (χ1n) is 9.55. The average Bonchev–Trinajstić information content (AvgIpc) is 3.32. The van der Waals surface area contributed by atoms with E-state index in [2.05, 4.69) is 89.5 Å². The van der Waals surface area contributed by atoms with Crippen LogP contribution >= 0.6 is 0 Å². The van der Waals surface area contributed by atoms with Crippen molar-refractivity contribution in [3.63, 3.8) is 0 Å². The summed E-state index contributed by atoms with van der Waals surface area (Å²) in [7, 11) is 0. The molecule has 0 atom stereocenters. The summed E-state index contributed by atoms with van der Waals surface area (Å²) in [5, 5.41) is 8.51. The van der Waals surface area contributed by atoms with Gasteiger partial charge in [0, 0.05) is 43.9 Å². The smallest absolute Gasteiger partial charge is 0.143 e. The van der Waals surface area contributed by atoms with Crippen molar-refractivity contribution >= 4 is 59.9 Å². The molecule has 0 N–H and O–H groups in total. The van der Waals surface area contributed by atoms with Crippen LogP contribution in [0, 0.1) is 0 Å². The van der Waals surface area contributed by atoms with Crippen LogP contribution < -0.4 is 0 Å². The highest BCUT2D eigenvalue weighted by Crippen LogP contribution is 2.41. The molecular formula is C26H15NO. The van der Waals surface area contributed by atoms with Gasteiger partial charge in [0.05, 0.1) is 11.0 Å². The average molecular weight is 357 g/mol. The fraction of sp³-hybridized carbons (Fsp3) is 0. The SMILES string of the molecule is c1ccc2c(c1)cn1c3ccccc3c3c(ccc4c5ccccc5oc43)c21. The molecule has 130 valence electrons. The van der Waals surface area contributed by atoms with Crippen molar-refractivity contribution in [3.05, 3.63) is 91.1 Å². The van der Waals surface area contributed by atoms with Crippen molar-refractivity contribution in [3.8, 4) is 0 Å². The van der Waals surface area contributed by atoms with E-state index in [0.717, 1.165) is 11.2 Å². The highest BCUT2D eigenvalue weighted by atomic mass is 16.3. The normalized spacial score (nSPS) is 12.3. The van der Waals surface area contributed by atoms with Crippen LogP contribution in [0.25, 0.3) is 59.9 Å². The number of rotatable bonds is 0. The van der Waals surface area contributed by atoms with Crippen LogP contribution in [0.4, 0.5) is 0 Å². The Balaban J connectivity index is 1.88. The van der Waals surface area contributed by atoms with E-state index in [-0.39, 0.29) is 0 Å². The van der Waals surface area contributed by atoms with Crippen molar-refractivity contribution in [1.82, 2.24) is 4.40 Å². The van der Waals surface area contributed by atoms with E-state index >= 15 is 0 Å². The number of aromatic nitrogens is 1. The van der Waals surface area contributed by atoms with Gasteiger partial charge in [0.2, 0.25) is 0 Å². The minimum absolute atomic E-state index is 0.939. The topological polar surface area (TPSA) is 17.6 Å². The quantitative estimate of drug-likeness (QED) is 0.260. The zero-order valence-corrected chi connectivity index (χ0v) is 15.0. The van der Waals surface area contributed by atoms with Crippen molar-refractivity contribution in [2.24, 2.45) is 0 Å². The van der Waals surface area contributed by atoms with Gasteiger partial charge in [0.15, 0.2) is 0 Å². The Labute approximate surface area is 160 Å². The molecule has 3 heterocycles. The fourth-order valence-corrected chi connectivity index (χ4v) is 4.77. The van der Waals surface area contributed by atoms with E-state index in [1.807, 2.05) is 6.07 Å². The first-order chi connectivity index (χ1) is 13.9. The Morgan fingerprint density at radius 2 is 1.29 bits per heavy atom. The predicted octanol–water partition coefficient (Wildman–Crippen LogP) is 7.30. The highest BCUT2D eigenvalue weighted by Gasteiger charge is 2.17. The minimum Gasteiger partial charge on any atom is -0.455 e. The van der Waals surface area contributed by atoms with Gasteiger partial charge in [-0.25, -0.2) is 0 Å². The van der Waals surface area contributed by atoms with Crippen LogP contribution in [0.2, 0.25) is 0 Å². The molecule has 0 aliphatic carbocycles. The molecule has 0 spiro atoms. The number of pyridine rings is 1. The van der Waals surface area contributed by atoms with Gasteiger partial charge in [-0.3, -0.25) is 0 Å². The molecule has 7 rings (SSSR count). The van der Waals surface area contributed by atoms with Gasteiger partial charge in [-0.15, -0.1) is 0 Å². The molecule has 0 saturated heterocycles. The Morgan fingerprint density at radius 3 is 2.21 bits per heavy atom. The van der Waals surface area contributed by atoms with Gasteiger partial charge in [-0.2, -0.15) is 0 Å². The van der Waals surface area contributed by atoms with Crippen molar-refractivity contribution < 1.29 is 4.42 Å². The maximum atomic E-state index is 6.40. The number of nitrogens with zero attached hydrogens (tertiary/aromatic N) is 1. The van der Waals surface area contributed by atoms with Gasteiger partial charge in [-0.1, -0.05) is 66.7 Å². The molecule has 0 unspecified atom stereocenters. The van der Waals surface area contributed by atoms with Crippen LogP contribution in [0.5, 0.6) is 0 Å². The summed E-state index contributed by atoms with van der Waals surface area (Å²) in [6.07, 6.45) is 2.25. The summed E-state index contributed by atoms with van der Waals surface area (Å²) in [6.45, 7) is 0. The lowest BCUT2D eigenvalue weighted by molar-refractivity contribution is 0.673.